The van der Waals surface area contributed by atoms with Crippen molar-refractivity contribution in [3.63, 3.8) is 0 Å². The predicted octanol–water partition coefficient (Wildman–Crippen LogP) is -0.186. The van der Waals surface area contributed by atoms with Crippen LogP contribution in [0.2, 0.25) is 0 Å². The van der Waals surface area contributed by atoms with Crippen LogP contribution in [0.4, 0.5) is 0 Å². The maximum absolute atomic E-state index is 12.0. The molecule has 88 valence electrons. The molecule has 0 fully saturated rings. The van der Waals surface area contributed by atoms with E-state index < -0.39 is 11.9 Å². The first-order valence-corrected chi connectivity index (χ1v) is 5.22. The van der Waals surface area contributed by atoms with E-state index in [1.54, 1.807) is 18.3 Å². The van der Waals surface area contributed by atoms with Gasteiger partial charge in [0, 0.05) is 18.1 Å². The third kappa shape index (κ3) is 2.19. The molecule has 0 radical (unpaired) electrons. The minimum atomic E-state index is -0.853. The Balaban J connectivity index is 2.46. The molecule has 1 amide bonds. The molecule has 17 heavy (non-hydrogen) atoms. The van der Waals surface area contributed by atoms with Crippen LogP contribution in [0.3, 0.4) is 0 Å². The summed E-state index contributed by atoms with van der Waals surface area (Å²) in [4.78, 5) is 22.9. The highest BCUT2D eigenvalue weighted by atomic mass is 16.1. The molecule has 5 nitrogen and oxygen atoms in total. The SMILES string of the molecule is NC(=O)C(N)Cn1ccc2ccccc2c1=O. The van der Waals surface area contributed by atoms with E-state index in [0.29, 0.717) is 5.39 Å². The zero-order valence-corrected chi connectivity index (χ0v) is 9.17. The Kier molecular flexibility index (Phi) is 2.93. The minimum absolute atomic E-state index is 0.0962. The molecule has 2 rings (SSSR count). The number of rotatable bonds is 3. The van der Waals surface area contributed by atoms with E-state index in [1.807, 2.05) is 18.2 Å². The molecule has 1 aromatic heterocycles. The summed E-state index contributed by atoms with van der Waals surface area (Å²) in [7, 11) is 0. The summed E-state index contributed by atoms with van der Waals surface area (Å²) in [5, 5.41) is 1.47. The molecule has 0 bridgehead atoms. The Labute approximate surface area is 97.6 Å². The van der Waals surface area contributed by atoms with Crippen molar-refractivity contribution in [2.45, 2.75) is 12.6 Å². The van der Waals surface area contributed by atoms with Crippen LogP contribution in [0.1, 0.15) is 0 Å². The Morgan fingerprint density at radius 2 is 2.00 bits per heavy atom. The Morgan fingerprint density at radius 3 is 2.71 bits per heavy atom. The first-order valence-electron chi connectivity index (χ1n) is 5.22. The molecule has 0 aliphatic heterocycles. The van der Waals surface area contributed by atoms with Crippen LogP contribution in [0.25, 0.3) is 10.8 Å². The second-order valence-electron chi connectivity index (χ2n) is 3.87. The van der Waals surface area contributed by atoms with Gasteiger partial charge in [-0.1, -0.05) is 18.2 Å². The van der Waals surface area contributed by atoms with Crippen molar-refractivity contribution < 1.29 is 4.79 Å². The number of benzene rings is 1. The summed E-state index contributed by atoms with van der Waals surface area (Å²) in [5.74, 6) is -0.620. The van der Waals surface area contributed by atoms with Crippen molar-refractivity contribution in [3.05, 3.63) is 46.9 Å². The highest BCUT2D eigenvalue weighted by molar-refractivity contribution is 5.81. The fraction of sp³-hybridized carbons (Fsp3) is 0.167. The molecule has 0 spiro atoms. The minimum Gasteiger partial charge on any atom is -0.368 e. The summed E-state index contributed by atoms with van der Waals surface area (Å²) >= 11 is 0. The number of aromatic nitrogens is 1. The van der Waals surface area contributed by atoms with Gasteiger partial charge in [0.2, 0.25) is 5.91 Å². The van der Waals surface area contributed by atoms with Crippen LogP contribution < -0.4 is 17.0 Å². The van der Waals surface area contributed by atoms with Crippen LogP contribution in [0.5, 0.6) is 0 Å². The highest BCUT2D eigenvalue weighted by Crippen LogP contribution is 2.07. The third-order valence-corrected chi connectivity index (χ3v) is 2.64. The summed E-state index contributed by atoms with van der Waals surface area (Å²) in [6.07, 6.45) is 1.62. The third-order valence-electron chi connectivity index (χ3n) is 2.64. The number of fused-ring (bicyclic) bond motifs is 1. The first-order chi connectivity index (χ1) is 8.09. The van der Waals surface area contributed by atoms with Crippen LogP contribution in [0.15, 0.2) is 41.3 Å². The second-order valence-corrected chi connectivity index (χ2v) is 3.87. The van der Waals surface area contributed by atoms with Crippen LogP contribution in [-0.2, 0) is 11.3 Å². The van der Waals surface area contributed by atoms with E-state index in [2.05, 4.69) is 0 Å². The van der Waals surface area contributed by atoms with Crippen molar-refractivity contribution in [1.82, 2.24) is 4.57 Å². The number of hydrogen-bond acceptors (Lipinski definition) is 3. The summed E-state index contributed by atoms with van der Waals surface area (Å²) < 4.78 is 1.40. The van der Waals surface area contributed by atoms with Gasteiger partial charge in [-0.15, -0.1) is 0 Å². The number of pyridine rings is 1. The zero-order valence-electron chi connectivity index (χ0n) is 9.17. The Hall–Kier alpha value is -2.14. The van der Waals surface area contributed by atoms with E-state index in [-0.39, 0.29) is 12.1 Å². The van der Waals surface area contributed by atoms with E-state index in [1.165, 1.54) is 4.57 Å². The van der Waals surface area contributed by atoms with E-state index in [0.717, 1.165) is 5.39 Å². The van der Waals surface area contributed by atoms with Gasteiger partial charge >= 0.3 is 0 Å². The van der Waals surface area contributed by atoms with Gasteiger partial charge in [-0.25, -0.2) is 0 Å². The Bertz CT molecular complexity index is 618. The normalized spacial score (nSPS) is 12.5. The number of nitrogens with zero attached hydrogens (tertiary/aromatic N) is 1. The lowest BCUT2D eigenvalue weighted by atomic mass is 10.2. The lowest BCUT2D eigenvalue weighted by Gasteiger charge is -2.10. The predicted molar refractivity (Wildman–Crippen MR) is 65.4 cm³/mol. The van der Waals surface area contributed by atoms with E-state index in [4.69, 9.17) is 11.5 Å². The molecule has 5 heteroatoms. The van der Waals surface area contributed by atoms with Crippen molar-refractivity contribution in [2.75, 3.05) is 0 Å². The van der Waals surface area contributed by atoms with Crippen molar-refractivity contribution in [3.8, 4) is 0 Å². The molecular weight excluding hydrogens is 218 g/mol. The topological polar surface area (TPSA) is 91.1 Å². The van der Waals surface area contributed by atoms with Crippen molar-refractivity contribution >= 4 is 16.7 Å². The summed E-state index contributed by atoms with van der Waals surface area (Å²) in [6.45, 7) is 0.0962. The maximum atomic E-state index is 12.0. The number of nitrogens with two attached hydrogens (primary N) is 2. The van der Waals surface area contributed by atoms with E-state index in [9.17, 15) is 9.59 Å². The summed E-state index contributed by atoms with van der Waals surface area (Å²) in [6, 6.07) is 8.21. The average Bonchev–Trinajstić information content (AvgIpc) is 2.33. The second kappa shape index (κ2) is 4.39. The monoisotopic (exact) mass is 231 g/mol. The van der Waals surface area contributed by atoms with Crippen LogP contribution in [0, 0.1) is 0 Å². The lowest BCUT2D eigenvalue weighted by Crippen LogP contribution is -2.42. The smallest absolute Gasteiger partial charge is 0.258 e. The number of carbonyl (C=O) groups excluding carboxylic acids is 1. The molecule has 0 aliphatic carbocycles. The van der Waals surface area contributed by atoms with Gasteiger partial charge in [0.1, 0.15) is 6.04 Å². The molecule has 4 N–H and O–H groups in total. The molecule has 1 unspecified atom stereocenters. The zero-order chi connectivity index (χ0) is 12.4. The van der Waals surface area contributed by atoms with Gasteiger partial charge in [-0.2, -0.15) is 0 Å². The average molecular weight is 231 g/mol. The fourth-order valence-electron chi connectivity index (χ4n) is 1.68. The number of carbonyl (C=O) groups is 1. The molecule has 2 aromatic rings. The summed E-state index contributed by atoms with van der Waals surface area (Å²) in [5.41, 5.74) is 10.4. The lowest BCUT2D eigenvalue weighted by molar-refractivity contribution is -0.119. The molecule has 0 aliphatic rings. The van der Waals surface area contributed by atoms with Gasteiger partial charge in [-0.05, 0) is 17.5 Å². The molecule has 1 atom stereocenters. The molecule has 0 saturated heterocycles. The maximum Gasteiger partial charge on any atom is 0.258 e. The number of primary amides is 1. The van der Waals surface area contributed by atoms with Crippen molar-refractivity contribution in [2.24, 2.45) is 11.5 Å². The van der Waals surface area contributed by atoms with Crippen molar-refractivity contribution in [1.29, 1.82) is 0 Å². The number of amides is 1. The largest absolute Gasteiger partial charge is 0.368 e. The number of hydrogen-bond donors (Lipinski definition) is 2. The van der Waals surface area contributed by atoms with E-state index >= 15 is 0 Å². The molecule has 1 aromatic carbocycles. The highest BCUT2D eigenvalue weighted by Gasteiger charge is 2.11. The molecule has 1 heterocycles. The van der Waals surface area contributed by atoms with Gasteiger partial charge in [0.15, 0.2) is 0 Å². The van der Waals surface area contributed by atoms with Gasteiger partial charge < -0.3 is 16.0 Å². The quantitative estimate of drug-likeness (QED) is 0.767. The molecular formula is C12H13N3O2. The van der Waals surface area contributed by atoms with Crippen LogP contribution >= 0.6 is 0 Å². The van der Waals surface area contributed by atoms with Crippen LogP contribution in [-0.4, -0.2) is 16.5 Å². The first kappa shape index (κ1) is 11.3. The van der Waals surface area contributed by atoms with Gasteiger partial charge in [0.05, 0.1) is 0 Å². The standard InChI is InChI=1S/C12H13N3O2/c13-10(11(14)16)7-15-6-5-8-3-1-2-4-9(8)12(15)17/h1-6,10H,7,13H2,(H2,14,16). The fourth-order valence-corrected chi connectivity index (χ4v) is 1.68. The van der Waals surface area contributed by atoms with Gasteiger partial charge in [-0.3, -0.25) is 9.59 Å². The Morgan fingerprint density at radius 1 is 1.29 bits per heavy atom. The molecule has 0 saturated carbocycles. The van der Waals surface area contributed by atoms with Gasteiger partial charge in [0.25, 0.3) is 5.56 Å².